The Kier molecular flexibility index (Phi) is 6.93. The number of halogens is 4. The number of hydrogen-bond donors (Lipinski definition) is 1. The topological polar surface area (TPSA) is 52.3 Å². The van der Waals surface area contributed by atoms with Crippen LogP contribution in [0.2, 0.25) is 0 Å². The lowest BCUT2D eigenvalue weighted by Crippen LogP contribution is -2.36. The van der Waals surface area contributed by atoms with Crippen molar-refractivity contribution in [3.63, 3.8) is 0 Å². The summed E-state index contributed by atoms with van der Waals surface area (Å²) < 4.78 is 40.1. The van der Waals surface area contributed by atoms with E-state index in [0.717, 1.165) is 14.0 Å². The van der Waals surface area contributed by atoms with Gasteiger partial charge in [0, 0.05) is 0 Å². The van der Waals surface area contributed by atoms with Gasteiger partial charge >= 0.3 is 12.1 Å². The molecule has 0 saturated heterocycles. The van der Waals surface area contributed by atoms with E-state index in [4.69, 9.17) is 5.73 Å². The first-order chi connectivity index (χ1) is 5.79. The molecule has 3 nitrogen and oxygen atoms in total. The smallest absolute Gasteiger partial charge is 0.391 e. The molecule has 1 unspecified atom stereocenters. The highest BCUT2D eigenvalue weighted by Crippen LogP contribution is 2.28. The minimum atomic E-state index is -4.31. The van der Waals surface area contributed by atoms with E-state index in [0.29, 0.717) is 0 Å². The zero-order chi connectivity index (χ0) is 10.6. The van der Waals surface area contributed by atoms with Crippen LogP contribution in [0.4, 0.5) is 13.2 Å². The van der Waals surface area contributed by atoms with Crippen LogP contribution in [-0.2, 0) is 9.53 Å². The molecule has 7 heteroatoms. The summed E-state index contributed by atoms with van der Waals surface area (Å²) in [4.78, 5) is 10.7. The van der Waals surface area contributed by atoms with Crippen LogP contribution in [0.1, 0.15) is 13.3 Å². The van der Waals surface area contributed by atoms with Crippen molar-refractivity contribution in [3.8, 4) is 0 Å². The number of ether oxygens (including phenoxy) is 1. The predicted octanol–water partition coefficient (Wildman–Crippen LogP) is 1.50. The largest absolute Gasteiger partial charge is 0.468 e. The maximum absolute atomic E-state index is 12.0. The highest BCUT2D eigenvalue weighted by Gasteiger charge is 2.37. The van der Waals surface area contributed by atoms with Gasteiger partial charge in [0.1, 0.15) is 6.04 Å². The SMILES string of the molecule is COC(=O)[C@H](N)CC(C)C(F)(F)F.Cl. The summed E-state index contributed by atoms with van der Waals surface area (Å²) in [6, 6.07) is -1.21. The molecule has 0 aromatic rings. The number of carbonyl (C=O) groups excluding carboxylic acids is 1. The molecule has 0 aliphatic heterocycles. The second kappa shape index (κ2) is 6.08. The third-order valence-corrected chi connectivity index (χ3v) is 1.67. The molecule has 2 N–H and O–H groups in total. The van der Waals surface area contributed by atoms with Crippen molar-refractivity contribution in [3.05, 3.63) is 0 Å². The molecule has 2 atom stereocenters. The number of nitrogens with two attached hydrogens (primary N) is 1. The van der Waals surface area contributed by atoms with Gasteiger partial charge in [-0.1, -0.05) is 6.92 Å². The first-order valence-electron chi connectivity index (χ1n) is 3.69. The van der Waals surface area contributed by atoms with Crippen molar-refractivity contribution in [2.45, 2.75) is 25.6 Å². The molecule has 0 aliphatic carbocycles. The highest BCUT2D eigenvalue weighted by atomic mass is 35.5. The van der Waals surface area contributed by atoms with Crippen LogP contribution in [0.5, 0.6) is 0 Å². The minimum absolute atomic E-state index is 0. The Balaban J connectivity index is 0. The lowest BCUT2D eigenvalue weighted by Gasteiger charge is -2.18. The summed E-state index contributed by atoms with van der Waals surface area (Å²) in [5.41, 5.74) is 5.15. The number of esters is 1. The van der Waals surface area contributed by atoms with Crippen LogP contribution in [0, 0.1) is 5.92 Å². The predicted molar refractivity (Wildman–Crippen MR) is 47.1 cm³/mol. The molecule has 0 spiro atoms. The van der Waals surface area contributed by atoms with Crippen LogP contribution < -0.4 is 5.73 Å². The van der Waals surface area contributed by atoms with E-state index < -0.39 is 30.5 Å². The van der Waals surface area contributed by atoms with Crippen LogP contribution >= 0.6 is 12.4 Å². The molecule has 0 heterocycles. The molecule has 0 radical (unpaired) electrons. The Morgan fingerprint density at radius 2 is 1.93 bits per heavy atom. The summed E-state index contributed by atoms with van der Waals surface area (Å²) in [5.74, 6) is -2.42. The molecule has 0 aromatic carbocycles. The molecular formula is C7H13ClF3NO2. The molecule has 86 valence electrons. The van der Waals surface area contributed by atoms with E-state index >= 15 is 0 Å². The van der Waals surface area contributed by atoms with E-state index in [-0.39, 0.29) is 12.4 Å². The zero-order valence-corrected chi connectivity index (χ0v) is 8.61. The zero-order valence-electron chi connectivity index (χ0n) is 7.80. The number of carbonyl (C=O) groups is 1. The molecule has 0 saturated carbocycles. The van der Waals surface area contributed by atoms with Gasteiger partial charge in [-0.05, 0) is 6.42 Å². The first kappa shape index (κ1) is 16.0. The second-order valence-corrected chi connectivity index (χ2v) is 2.81. The molecule has 0 aliphatic rings. The summed E-state index contributed by atoms with van der Waals surface area (Å²) >= 11 is 0. The Labute approximate surface area is 86.2 Å². The maximum atomic E-state index is 12.0. The fraction of sp³-hybridized carbons (Fsp3) is 0.857. The Hall–Kier alpha value is -0.490. The monoisotopic (exact) mass is 235 g/mol. The van der Waals surface area contributed by atoms with Crippen molar-refractivity contribution in [1.82, 2.24) is 0 Å². The highest BCUT2D eigenvalue weighted by molar-refractivity contribution is 5.85. The summed E-state index contributed by atoms with van der Waals surface area (Å²) in [6.07, 6.45) is -4.76. The molecule has 14 heavy (non-hydrogen) atoms. The van der Waals surface area contributed by atoms with Gasteiger partial charge in [0.2, 0.25) is 0 Å². The third-order valence-electron chi connectivity index (χ3n) is 1.67. The van der Waals surface area contributed by atoms with Gasteiger partial charge in [0.15, 0.2) is 0 Å². The van der Waals surface area contributed by atoms with Gasteiger partial charge in [-0.15, -0.1) is 12.4 Å². The van der Waals surface area contributed by atoms with E-state index in [1.807, 2.05) is 0 Å². The molecule has 0 fully saturated rings. The van der Waals surface area contributed by atoms with Crippen molar-refractivity contribution in [2.75, 3.05) is 7.11 Å². The van der Waals surface area contributed by atoms with Gasteiger partial charge in [-0.2, -0.15) is 13.2 Å². The first-order valence-corrected chi connectivity index (χ1v) is 3.69. The summed E-state index contributed by atoms with van der Waals surface area (Å²) in [6.45, 7) is 0.975. The van der Waals surface area contributed by atoms with Crippen molar-refractivity contribution < 1.29 is 22.7 Å². The van der Waals surface area contributed by atoms with Crippen molar-refractivity contribution in [1.29, 1.82) is 0 Å². The summed E-state index contributed by atoms with van der Waals surface area (Å²) in [7, 11) is 1.08. The molecule has 0 rings (SSSR count). The standard InChI is InChI=1S/C7H12F3NO2.ClH/c1-4(7(8,9)10)3-5(11)6(12)13-2;/h4-5H,3,11H2,1-2H3;1H/t4?,5-;/m1./s1. The van der Waals surface area contributed by atoms with Gasteiger partial charge in [-0.25, -0.2) is 0 Å². The van der Waals surface area contributed by atoms with E-state index in [1.165, 1.54) is 0 Å². The van der Waals surface area contributed by atoms with Crippen molar-refractivity contribution >= 4 is 18.4 Å². The van der Waals surface area contributed by atoms with Crippen LogP contribution in [0.25, 0.3) is 0 Å². The lowest BCUT2D eigenvalue weighted by molar-refractivity contribution is -0.174. The average molecular weight is 236 g/mol. The number of hydrogen-bond acceptors (Lipinski definition) is 3. The average Bonchev–Trinajstić information content (AvgIpc) is 2.01. The second-order valence-electron chi connectivity index (χ2n) is 2.81. The molecule has 0 bridgehead atoms. The normalized spacial score (nSPS) is 15.3. The van der Waals surface area contributed by atoms with Gasteiger partial charge in [0.05, 0.1) is 13.0 Å². The quantitative estimate of drug-likeness (QED) is 0.755. The fourth-order valence-corrected chi connectivity index (χ4v) is 0.762. The molecular weight excluding hydrogens is 223 g/mol. The van der Waals surface area contributed by atoms with E-state index in [9.17, 15) is 18.0 Å². The van der Waals surface area contributed by atoms with Gasteiger partial charge in [0.25, 0.3) is 0 Å². The molecule has 0 aromatic heterocycles. The van der Waals surface area contributed by atoms with Crippen LogP contribution in [-0.4, -0.2) is 25.3 Å². The van der Waals surface area contributed by atoms with Gasteiger partial charge < -0.3 is 10.5 Å². The number of methoxy groups -OCH3 is 1. The molecule has 0 amide bonds. The maximum Gasteiger partial charge on any atom is 0.391 e. The number of alkyl halides is 3. The minimum Gasteiger partial charge on any atom is -0.468 e. The van der Waals surface area contributed by atoms with Crippen LogP contribution in [0.3, 0.4) is 0 Å². The Morgan fingerprint density at radius 1 is 1.50 bits per heavy atom. The summed E-state index contributed by atoms with van der Waals surface area (Å²) in [5, 5.41) is 0. The van der Waals surface area contributed by atoms with Crippen molar-refractivity contribution in [2.24, 2.45) is 11.7 Å². The third kappa shape index (κ3) is 5.29. The van der Waals surface area contributed by atoms with Crippen LogP contribution in [0.15, 0.2) is 0 Å². The Bertz CT molecular complexity index is 186. The number of rotatable bonds is 3. The van der Waals surface area contributed by atoms with E-state index in [2.05, 4.69) is 4.74 Å². The van der Waals surface area contributed by atoms with Gasteiger partial charge in [-0.3, -0.25) is 4.79 Å². The fourth-order valence-electron chi connectivity index (χ4n) is 0.762. The Morgan fingerprint density at radius 3 is 2.21 bits per heavy atom. The lowest BCUT2D eigenvalue weighted by atomic mass is 10.0. The van der Waals surface area contributed by atoms with E-state index in [1.54, 1.807) is 0 Å².